The Kier molecular flexibility index (Phi) is 6.47. The molecule has 0 aromatic heterocycles. The van der Waals surface area contributed by atoms with Gasteiger partial charge in [-0.1, -0.05) is 48.5 Å². The van der Waals surface area contributed by atoms with Crippen molar-refractivity contribution < 1.29 is 23.2 Å². The van der Waals surface area contributed by atoms with Crippen molar-refractivity contribution in [3.05, 3.63) is 66.2 Å². The maximum atomic E-state index is 10.4. The van der Waals surface area contributed by atoms with Crippen molar-refractivity contribution in [2.75, 3.05) is 13.1 Å². The second kappa shape index (κ2) is 8.36. The second-order valence-corrected chi connectivity index (χ2v) is 7.02. The third-order valence-electron chi connectivity index (χ3n) is 3.62. The number of likely N-dealkylation sites (tertiary alicyclic amines) is 1. The summed E-state index contributed by atoms with van der Waals surface area (Å²) in [6.45, 7) is 1.93. The maximum Gasteiger partial charge on any atom is 0.294 e. The number of rotatable bonds is 3. The van der Waals surface area contributed by atoms with Gasteiger partial charge in [0, 0.05) is 19.6 Å². The molecule has 0 aliphatic carbocycles. The van der Waals surface area contributed by atoms with Crippen LogP contribution in [0.2, 0.25) is 0 Å². The van der Waals surface area contributed by atoms with Gasteiger partial charge in [-0.3, -0.25) is 9.45 Å². The van der Waals surface area contributed by atoms with Crippen LogP contribution in [0.4, 0.5) is 0 Å². The van der Waals surface area contributed by atoms with Crippen LogP contribution in [0.3, 0.4) is 0 Å². The van der Waals surface area contributed by atoms with E-state index in [1.54, 1.807) is 18.2 Å². The van der Waals surface area contributed by atoms with Gasteiger partial charge in [0.2, 0.25) is 0 Å². The fraction of sp³-hybridized carbons (Fsp3) is 0.294. The summed E-state index contributed by atoms with van der Waals surface area (Å²) in [7, 11) is -4.00. The Morgan fingerprint density at radius 3 is 1.75 bits per heavy atom. The molecular weight excluding hydrogens is 330 g/mol. The van der Waals surface area contributed by atoms with Gasteiger partial charge in [-0.25, -0.2) is 0 Å². The first-order valence-corrected chi connectivity index (χ1v) is 8.95. The molecule has 24 heavy (non-hydrogen) atoms. The molecule has 1 heterocycles. The van der Waals surface area contributed by atoms with Crippen LogP contribution in [0.5, 0.6) is 0 Å². The van der Waals surface area contributed by atoms with E-state index >= 15 is 0 Å². The molecule has 2 unspecified atom stereocenters. The van der Waals surface area contributed by atoms with Gasteiger partial charge in [0.05, 0.1) is 17.1 Å². The predicted octanol–water partition coefficient (Wildman–Crippen LogP) is 1.16. The molecule has 3 N–H and O–H groups in total. The molecule has 1 saturated heterocycles. The van der Waals surface area contributed by atoms with Gasteiger partial charge in [0.15, 0.2) is 0 Å². The highest BCUT2D eigenvalue weighted by atomic mass is 32.2. The Morgan fingerprint density at radius 2 is 1.33 bits per heavy atom. The zero-order chi connectivity index (χ0) is 17.6. The predicted molar refractivity (Wildman–Crippen MR) is 90.0 cm³/mol. The van der Waals surface area contributed by atoms with E-state index in [0.717, 1.165) is 6.54 Å². The first-order chi connectivity index (χ1) is 11.4. The van der Waals surface area contributed by atoms with E-state index in [4.69, 9.17) is 4.55 Å². The number of hydrogen-bond acceptors (Lipinski definition) is 5. The summed E-state index contributed by atoms with van der Waals surface area (Å²) in [4.78, 5) is 1.99. The van der Waals surface area contributed by atoms with E-state index in [9.17, 15) is 18.6 Å². The topological polar surface area (TPSA) is 98.1 Å². The quantitative estimate of drug-likeness (QED) is 0.718. The molecule has 2 aromatic carbocycles. The monoisotopic (exact) mass is 351 g/mol. The van der Waals surface area contributed by atoms with Crippen LogP contribution in [0.25, 0.3) is 0 Å². The van der Waals surface area contributed by atoms with Gasteiger partial charge >= 0.3 is 0 Å². The van der Waals surface area contributed by atoms with Gasteiger partial charge in [0.1, 0.15) is 0 Å². The smallest absolute Gasteiger partial charge is 0.294 e. The Balaban J connectivity index is 0.000000185. The molecule has 6 nitrogen and oxygen atoms in total. The van der Waals surface area contributed by atoms with Gasteiger partial charge in [-0.05, 0) is 17.7 Å². The summed E-state index contributed by atoms with van der Waals surface area (Å²) in [6, 6.07) is 17.5. The molecule has 0 saturated carbocycles. The number of nitrogens with zero attached hydrogens (tertiary/aromatic N) is 1. The SMILES string of the molecule is O=S(=O)(O)c1ccccc1.OC1CN(Cc2ccccc2)CC1O. The first kappa shape index (κ1) is 18.6. The zero-order valence-electron chi connectivity index (χ0n) is 13.1. The van der Waals surface area contributed by atoms with Gasteiger partial charge < -0.3 is 10.2 Å². The fourth-order valence-electron chi connectivity index (χ4n) is 2.41. The highest BCUT2D eigenvalue weighted by molar-refractivity contribution is 7.85. The first-order valence-electron chi connectivity index (χ1n) is 7.51. The zero-order valence-corrected chi connectivity index (χ0v) is 13.9. The largest absolute Gasteiger partial charge is 0.389 e. The third-order valence-corrected chi connectivity index (χ3v) is 4.49. The summed E-state index contributed by atoms with van der Waals surface area (Å²) in [5.74, 6) is 0. The van der Waals surface area contributed by atoms with Crippen LogP contribution in [0, 0.1) is 0 Å². The molecule has 130 valence electrons. The van der Waals surface area contributed by atoms with Crippen LogP contribution in [0.15, 0.2) is 65.6 Å². The lowest BCUT2D eigenvalue weighted by atomic mass is 10.2. The lowest BCUT2D eigenvalue weighted by Crippen LogP contribution is -2.22. The number of hydrogen-bond donors (Lipinski definition) is 3. The maximum absolute atomic E-state index is 10.4. The highest BCUT2D eigenvalue weighted by Gasteiger charge is 2.29. The van der Waals surface area contributed by atoms with Crippen molar-refractivity contribution >= 4 is 10.1 Å². The van der Waals surface area contributed by atoms with E-state index in [-0.39, 0.29) is 4.90 Å². The van der Waals surface area contributed by atoms with Crippen LogP contribution in [0.1, 0.15) is 5.56 Å². The number of benzene rings is 2. The molecular formula is C17H21NO5S. The Bertz CT molecular complexity index is 711. The van der Waals surface area contributed by atoms with E-state index in [0.29, 0.717) is 13.1 Å². The molecule has 0 radical (unpaired) electrons. The molecule has 3 rings (SSSR count). The average Bonchev–Trinajstić information content (AvgIpc) is 2.87. The lowest BCUT2D eigenvalue weighted by molar-refractivity contribution is 0.0572. The van der Waals surface area contributed by atoms with Gasteiger partial charge in [-0.2, -0.15) is 8.42 Å². The minimum atomic E-state index is -4.00. The van der Waals surface area contributed by atoms with Crippen LogP contribution < -0.4 is 0 Å². The van der Waals surface area contributed by atoms with Crippen molar-refractivity contribution in [1.82, 2.24) is 4.90 Å². The molecule has 1 fully saturated rings. The Morgan fingerprint density at radius 1 is 0.875 bits per heavy atom. The van der Waals surface area contributed by atoms with Crippen LogP contribution in [-0.2, 0) is 16.7 Å². The molecule has 0 bridgehead atoms. The summed E-state index contributed by atoms with van der Waals surface area (Å²) in [5, 5.41) is 18.7. The fourth-order valence-corrected chi connectivity index (χ4v) is 2.91. The second-order valence-electron chi connectivity index (χ2n) is 5.60. The summed E-state index contributed by atoms with van der Waals surface area (Å²) >= 11 is 0. The van der Waals surface area contributed by atoms with Crippen LogP contribution in [-0.4, -0.2) is 53.4 Å². The number of aliphatic hydroxyl groups is 2. The van der Waals surface area contributed by atoms with Crippen molar-refractivity contribution in [2.24, 2.45) is 0 Å². The highest BCUT2D eigenvalue weighted by Crippen LogP contribution is 2.13. The summed E-state index contributed by atoms with van der Waals surface area (Å²) in [6.07, 6.45) is -1.17. The molecule has 1 aliphatic heterocycles. The minimum absolute atomic E-state index is 0.0741. The minimum Gasteiger partial charge on any atom is -0.389 e. The van der Waals surface area contributed by atoms with E-state index < -0.39 is 22.3 Å². The number of β-amino-alcohol motifs (C(OH)–C–C–N with tert-alkyl or cyclic N) is 2. The molecule has 2 aromatic rings. The Labute approximate surface area is 141 Å². The number of aliphatic hydroxyl groups excluding tert-OH is 2. The third kappa shape index (κ3) is 5.70. The molecule has 0 spiro atoms. The average molecular weight is 351 g/mol. The van der Waals surface area contributed by atoms with E-state index in [2.05, 4.69) is 17.0 Å². The van der Waals surface area contributed by atoms with Gasteiger partial charge in [0.25, 0.3) is 10.1 Å². The van der Waals surface area contributed by atoms with Crippen molar-refractivity contribution in [3.8, 4) is 0 Å². The van der Waals surface area contributed by atoms with Crippen molar-refractivity contribution in [2.45, 2.75) is 23.6 Å². The van der Waals surface area contributed by atoms with E-state index in [1.165, 1.54) is 17.7 Å². The summed E-state index contributed by atoms with van der Waals surface area (Å²) < 4.78 is 29.2. The van der Waals surface area contributed by atoms with Gasteiger partial charge in [-0.15, -0.1) is 0 Å². The van der Waals surface area contributed by atoms with E-state index in [1.807, 2.05) is 18.2 Å². The lowest BCUT2D eigenvalue weighted by Gasteiger charge is -2.14. The summed E-state index contributed by atoms with van der Waals surface area (Å²) in [5.41, 5.74) is 1.22. The molecule has 2 atom stereocenters. The standard InChI is InChI=1S/C11H15NO2.C6H6O3S/c13-10-7-12(8-11(10)14)6-9-4-2-1-3-5-9;7-10(8,9)6-4-2-1-3-5-6/h1-5,10-11,13-14H,6-8H2;1-5H,(H,7,8,9). The van der Waals surface area contributed by atoms with Crippen molar-refractivity contribution in [3.63, 3.8) is 0 Å². The molecule has 1 aliphatic rings. The Hall–Kier alpha value is -1.77. The normalized spacial score (nSPS) is 21.1. The molecule has 7 heteroatoms. The van der Waals surface area contributed by atoms with Crippen LogP contribution >= 0.6 is 0 Å². The van der Waals surface area contributed by atoms with Crippen molar-refractivity contribution in [1.29, 1.82) is 0 Å². The molecule has 0 amide bonds.